The van der Waals surface area contributed by atoms with E-state index in [1.54, 1.807) is 6.92 Å². The van der Waals surface area contributed by atoms with E-state index >= 15 is 0 Å². The van der Waals surface area contributed by atoms with E-state index in [1.165, 1.54) is 0 Å². The fourth-order valence-electron chi connectivity index (χ4n) is 1.81. The van der Waals surface area contributed by atoms with Crippen LogP contribution in [0, 0.1) is 13.8 Å². The Kier molecular flexibility index (Phi) is 4.89. The van der Waals surface area contributed by atoms with Gasteiger partial charge in [-0.15, -0.1) is 0 Å². The second kappa shape index (κ2) is 6.19. The third-order valence-electron chi connectivity index (χ3n) is 2.79. The third-order valence-corrected chi connectivity index (χ3v) is 2.79. The Hall–Kier alpha value is -1.84. The van der Waals surface area contributed by atoms with Crippen LogP contribution in [0.2, 0.25) is 0 Å². The molecule has 0 fully saturated rings. The van der Waals surface area contributed by atoms with Crippen molar-refractivity contribution < 1.29 is 4.79 Å². The van der Waals surface area contributed by atoms with Gasteiger partial charge in [0.2, 0.25) is 5.91 Å². The summed E-state index contributed by atoms with van der Waals surface area (Å²) >= 11 is 0. The highest BCUT2D eigenvalue weighted by Crippen LogP contribution is 2.03. The molecule has 0 radical (unpaired) electrons. The van der Waals surface area contributed by atoms with E-state index in [0.29, 0.717) is 11.1 Å². The number of aromatic amines is 1. The Morgan fingerprint density at radius 2 is 2.11 bits per heavy atom. The Morgan fingerprint density at radius 1 is 1.44 bits per heavy atom. The lowest BCUT2D eigenvalue weighted by Crippen LogP contribution is -2.28. The van der Waals surface area contributed by atoms with Gasteiger partial charge in [0.1, 0.15) is 0 Å². The zero-order valence-electron chi connectivity index (χ0n) is 11.4. The topological polar surface area (TPSA) is 62.0 Å². The van der Waals surface area contributed by atoms with Crippen LogP contribution in [-0.2, 0) is 11.3 Å². The summed E-state index contributed by atoms with van der Waals surface area (Å²) < 4.78 is 0. The fraction of sp³-hybridized carbons (Fsp3) is 0.429. The summed E-state index contributed by atoms with van der Waals surface area (Å²) in [6, 6.07) is 1.90. The molecule has 1 aromatic rings. The molecule has 2 N–H and O–H groups in total. The molecule has 0 saturated carbocycles. The van der Waals surface area contributed by atoms with E-state index < -0.39 is 0 Å². The van der Waals surface area contributed by atoms with E-state index in [0.717, 1.165) is 17.7 Å². The number of pyridine rings is 1. The highest BCUT2D eigenvalue weighted by molar-refractivity contribution is 5.92. The molecule has 0 aromatic carbocycles. The van der Waals surface area contributed by atoms with E-state index in [-0.39, 0.29) is 18.0 Å². The molecular weight excluding hydrogens is 228 g/mol. The van der Waals surface area contributed by atoms with Gasteiger partial charge >= 0.3 is 0 Å². The normalized spacial score (nSPS) is 11.4. The number of nitrogens with one attached hydrogen (secondary N) is 2. The number of aromatic nitrogens is 1. The molecule has 0 aliphatic carbocycles. The molecule has 98 valence electrons. The summed E-state index contributed by atoms with van der Waals surface area (Å²) in [6.07, 6.45) is 2.69. The SMILES string of the molecule is CC/C=C(\C)C(=O)NCc1c(C)cc(C)[nH]c1=O. The highest BCUT2D eigenvalue weighted by atomic mass is 16.1. The molecule has 0 unspecified atom stereocenters. The lowest BCUT2D eigenvalue weighted by atomic mass is 10.1. The van der Waals surface area contributed by atoms with Crippen LogP contribution in [0.5, 0.6) is 0 Å². The Bertz CT molecular complexity index is 527. The summed E-state index contributed by atoms with van der Waals surface area (Å²) in [4.78, 5) is 26.2. The molecule has 0 spiro atoms. The van der Waals surface area contributed by atoms with Gasteiger partial charge in [-0.3, -0.25) is 9.59 Å². The molecular formula is C14H20N2O2. The van der Waals surface area contributed by atoms with Crippen molar-refractivity contribution in [2.75, 3.05) is 0 Å². The summed E-state index contributed by atoms with van der Waals surface area (Å²) in [5.41, 5.74) is 2.88. The molecule has 1 heterocycles. The van der Waals surface area contributed by atoms with Crippen molar-refractivity contribution in [1.29, 1.82) is 0 Å². The molecule has 0 bridgehead atoms. The van der Waals surface area contributed by atoms with Crippen molar-refractivity contribution in [1.82, 2.24) is 10.3 Å². The minimum atomic E-state index is -0.134. The molecule has 1 aromatic heterocycles. The number of carbonyl (C=O) groups excluding carboxylic acids is 1. The largest absolute Gasteiger partial charge is 0.348 e. The van der Waals surface area contributed by atoms with Crippen molar-refractivity contribution in [3.8, 4) is 0 Å². The van der Waals surface area contributed by atoms with Gasteiger partial charge in [-0.05, 0) is 38.8 Å². The second-order valence-electron chi connectivity index (χ2n) is 4.42. The number of hydrogen-bond donors (Lipinski definition) is 2. The van der Waals surface area contributed by atoms with Crippen molar-refractivity contribution in [2.24, 2.45) is 0 Å². The maximum atomic E-state index is 11.7. The number of hydrogen-bond acceptors (Lipinski definition) is 2. The van der Waals surface area contributed by atoms with E-state index in [2.05, 4.69) is 10.3 Å². The van der Waals surface area contributed by atoms with E-state index in [1.807, 2.05) is 32.9 Å². The Morgan fingerprint density at radius 3 is 2.67 bits per heavy atom. The number of H-pyrrole nitrogens is 1. The smallest absolute Gasteiger partial charge is 0.253 e. The van der Waals surface area contributed by atoms with Gasteiger partial charge in [0.05, 0.1) is 0 Å². The maximum Gasteiger partial charge on any atom is 0.253 e. The monoisotopic (exact) mass is 248 g/mol. The molecule has 4 nitrogen and oxygen atoms in total. The van der Waals surface area contributed by atoms with Gasteiger partial charge in [0.25, 0.3) is 5.56 Å². The van der Waals surface area contributed by atoms with Crippen LogP contribution in [0.1, 0.15) is 37.1 Å². The van der Waals surface area contributed by atoms with Gasteiger partial charge in [-0.1, -0.05) is 13.0 Å². The first-order valence-electron chi connectivity index (χ1n) is 6.10. The van der Waals surface area contributed by atoms with Gasteiger partial charge in [-0.25, -0.2) is 0 Å². The highest BCUT2D eigenvalue weighted by Gasteiger charge is 2.08. The maximum absolute atomic E-state index is 11.7. The van der Waals surface area contributed by atoms with Crippen LogP contribution < -0.4 is 10.9 Å². The molecule has 18 heavy (non-hydrogen) atoms. The van der Waals surface area contributed by atoms with E-state index in [9.17, 15) is 9.59 Å². The number of allylic oxidation sites excluding steroid dienone is 1. The first-order chi connectivity index (χ1) is 8.45. The zero-order chi connectivity index (χ0) is 13.7. The lowest BCUT2D eigenvalue weighted by Gasteiger charge is -2.08. The van der Waals surface area contributed by atoms with Crippen molar-refractivity contribution in [3.63, 3.8) is 0 Å². The predicted octanol–water partition coefficient (Wildman–Crippen LogP) is 1.96. The number of amides is 1. The van der Waals surface area contributed by atoms with Gasteiger partial charge < -0.3 is 10.3 Å². The molecule has 0 aliphatic rings. The van der Waals surface area contributed by atoms with Crippen molar-refractivity contribution in [3.05, 3.63) is 44.9 Å². The Labute approximate surface area is 107 Å². The van der Waals surface area contributed by atoms with Crippen LogP contribution in [-0.4, -0.2) is 10.9 Å². The van der Waals surface area contributed by atoms with Gasteiger partial charge in [0.15, 0.2) is 0 Å². The van der Waals surface area contributed by atoms with Crippen LogP contribution in [0.15, 0.2) is 22.5 Å². The number of aryl methyl sites for hydroxylation is 2. The van der Waals surface area contributed by atoms with Crippen molar-refractivity contribution >= 4 is 5.91 Å². The van der Waals surface area contributed by atoms with Crippen LogP contribution in [0.3, 0.4) is 0 Å². The van der Waals surface area contributed by atoms with Crippen LogP contribution in [0.4, 0.5) is 0 Å². The standard InChI is InChI=1S/C14H20N2O2/c1-5-6-9(2)13(17)15-8-12-10(3)7-11(4)16-14(12)18/h6-7H,5,8H2,1-4H3,(H,15,17)(H,16,18)/b9-6+. The summed E-state index contributed by atoms with van der Waals surface area (Å²) in [6.45, 7) is 7.72. The molecule has 0 aliphatic heterocycles. The molecule has 4 heteroatoms. The van der Waals surface area contributed by atoms with Gasteiger partial charge in [-0.2, -0.15) is 0 Å². The molecule has 1 rings (SSSR count). The average Bonchev–Trinajstić information content (AvgIpc) is 2.27. The number of carbonyl (C=O) groups is 1. The molecule has 0 saturated heterocycles. The van der Waals surface area contributed by atoms with Crippen LogP contribution in [0.25, 0.3) is 0 Å². The van der Waals surface area contributed by atoms with Crippen molar-refractivity contribution in [2.45, 2.75) is 40.7 Å². The molecule has 1 amide bonds. The predicted molar refractivity (Wildman–Crippen MR) is 72.4 cm³/mol. The van der Waals surface area contributed by atoms with Gasteiger partial charge in [0, 0.05) is 23.4 Å². The minimum absolute atomic E-state index is 0.128. The summed E-state index contributed by atoms with van der Waals surface area (Å²) in [7, 11) is 0. The first kappa shape index (κ1) is 14.2. The molecule has 0 atom stereocenters. The summed E-state index contributed by atoms with van der Waals surface area (Å²) in [5.74, 6) is -0.128. The average molecular weight is 248 g/mol. The third kappa shape index (κ3) is 3.58. The fourth-order valence-corrected chi connectivity index (χ4v) is 1.81. The zero-order valence-corrected chi connectivity index (χ0v) is 11.4. The first-order valence-corrected chi connectivity index (χ1v) is 6.10. The summed E-state index contributed by atoms with van der Waals surface area (Å²) in [5, 5.41) is 2.76. The van der Waals surface area contributed by atoms with E-state index in [4.69, 9.17) is 0 Å². The second-order valence-corrected chi connectivity index (χ2v) is 4.42. The minimum Gasteiger partial charge on any atom is -0.348 e. The Balaban J connectivity index is 2.79. The number of rotatable bonds is 4. The van der Waals surface area contributed by atoms with Crippen LogP contribution >= 0.6 is 0 Å². The quantitative estimate of drug-likeness (QED) is 0.800. The lowest BCUT2D eigenvalue weighted by molar-refractivity contribution is -0.117.